The van der Waals surface area contributed by atoms with Crippen LogP contribution >= 0.6 is 0 Å². The van der Waals surface area contributed by atoms with E-state index in [-0.39, 0.29) is 35.0 Å². The van der Waals surface area contributed by atoms with Crippen molar-refractivity contribution in [1.29, 1.82) is 0 Å². The fourth-order valence-corrected chi connectivity index (χ4v) is 5.51. The number of anilines is 4. The third-order valence-corrected chi connectivity index (χ3v) is 8.67. The summed E-state index contributed by atoms with van der Waals surface area (Å²) in [6, 6.07) is 12.3. The van der Waals surface area contributed by atoms with Crippen LogP contribution in [0.25, 0.3) is 16.6 Å². The molecule has 0 spiro atoms. The molecule has 1 aliphatic rings. The standard InChI is InChI=1S/C30H29F3N8O4S/c1-3-46(43,44)39-21-11-7-18(8-12-21)16-40-17-20(15-34-40)22-13-14-41-25(22)27(36-29(38-41)37-28(42)19-9-10-19)35-24-6-4-5-23(26(24)45-2)30(31,32)33/h4-8,11-15,17,19,39H,3,9-10,16H2,1-2H3,(H2,35,36,37,38,42). The van der Waals surface area contributed by atoms with Gasteiger partial charge < -0.3 is 10.1 Å². The molecular weight excluding hydrogens is 625 g/mol. The Morgan fingerprint density at radius 2 is 1.87 bits per heavy atom. The van der Waals surface area contributed by atoms with Crippen molar-refractivity contribution in [2.24, 2.45) is 5.92 Å². The number of methoxy groups -OCH3 is 1. The fourth-order valence-electron chi connectivity index (χ4n) is 4.87. The Morgan fingerprint density at radius 1 is 1.11 bits per heavy atom. The summed E-state index contributed by atoms with van der Waals surface area (Å²) in [6.07, 6.45) is 1.95. The van der Waals surface area contributed by atoms with E-state index >= 15 is 0 Å². The molecule has 46 heavy (non-hydrogen) atoms. The normalized spacial score (nSPS) is 13.5. The molecule has 6 rings (SSSR count). The predicted octanol–water partition coefficient (Wildman–Crippen LogP) is 5.52. The number of amides is 1. The van der Waals surface area contributed by atoms with E-state index in [9.17, 15) is 26.4 Å². The van der Waals surface area contributed by atoms with E-state index in [2.05, 4.69) is 30.5 Å². The van der Waals surface area contributed by atoms with Gasteiger partial charge in [0.25, 0.3) is 0 Å². The summed E-state index contributed by atoms with van der Waals surface area (Å²) in [6.45, 7) is 1.94. The van der Waals surface area contributed by atoms with Crippen LogP contribution in [0.5, 0.6) is 5.75 Å². The molecule has 0 aliphatic heterocycles. The van der Waals surface area contributed by atoms with Crippen molar-refractivity contribution in [3.63, 3.8) is 0 Å². The number of aromatic nitrogens is 5. The van der Waals surface area contributed by atoms with Gasteiger partial charge >= 0.3 is 6.18 Å². The number of nitrogens with zero attached hydrogens (tertiary/aromatic N) is 5. The zero-order valence-corrected chi connectivity index (χ0v) is 25.5. The van der Waals surface area contributed by atoms with Gasteiger partial charge in [0.2, 0.25) is 21.9 Å². The van der Waals surface area contributed by atoms with E-state index in [0.29, 0.717) is 28.9 Å². The molecule has 3 N–H and O–H groups in total. The van der Waals surface area contributed by atoms with E-state index < -0.39 is 27.5 Å². The molecule has 0 radical (unpaired) electrons. The summed E-state index contributed by atoms with van der Waals surface area (Å²) in [7, 11) is -2.24. The number of nitrogens with one attached hydrogen (secondary N) is 3. The number of ether oxygens (including phenoxy) is 1. The van der Waals surface area contributed by atoms with Crippen molar-refractivity contribution >= 4 is 44.6 Å². The lowest BCUT2D eigenvalue weighted by atomic mass is 10.1. The molecule has 0 saturated heterocycles. The minimum absolute atomic E-state index is 0.0136. The van der Waals surface area contributed by atoms with E-state index in [1.807, 2.05) is 0 Å². The highest BCUT2D eigenvalue weighted by Gasteiger charge is 2.35. The Labute approximate surface area is 261 Å². The molecule has 2 aromatic carbocycles. The first kappa shape index (κ1) is 30.9. The summed E-state index contributed by atoms with van der Waals surface area (Å²) in [5, 5.41) is 14.6. The van der Waals surface area contributed by atoms with E-state index in [1.54, 1.807) is 60.5 Å². The Kier molecular flexibility index (Phi) is 8.06. The summed E-state index contributed by atoms with van der Waals surface area (Å²) in [4.78, 5) is 17.0. The molecule has 1 fully saturated rings. The summed E-state index contributed by atoms with van der Waals surface area (Å²) in [5.41, 5.74) is 2.11. The van der Waals surface area contributed by atoms with Crippen molar-refractivity contribution in [3.8, 4) is 16.9 Å². The highest BCUT2D eigenvalue weighted by molar-refractivity contribution is 7.92. The second kappa shape index (κ2) is 12.0. The van der Waals surface area contributed by atoms with Gasteiger partial charge in [0.1, 0.15) is 5.52 Å². The monoisotopic (exact) mass is 654 g/mol. The molecular formula is C30H29F3N8O4S. The van der Waals surface area contributed by atoms with Crippen molar-refractivity contribution < 1.29 is 31.1 Å². The average molecular weight is 655 g/mol. The Bertz CT molecular complexity index is 2020. The van der Waals surface area contributed by atoms with Gasteiger partial charge in [-0.1, -0.05) is 18.2 Å². The van der Waals surface area contributed by atoms with Crippen LogP contribution < -0.4 is 20.1 Å². The van der Waals surface area contributed by atoms with Crippen LogP contribution in [0.15, 0.2) is 67.1 Å². The number of halogens is 3. The number of fused-ring (bicyclic) bond motifs is 1. The minimum Gasteiger partial charge on any atom is -0.494 e. The fraction of sp³-hybridized carbons (Fsp3) is 0.267. The van der Waals surface area contributed by atoms with Gasteiger partial charge in [0, 0.05) is 35.1 Å². The predicted molar refractivity (Wildman–Crippen MR) is 165 cm³/mol. The Balaban J connectivity index is 1.34. The maximum atomic E-state index is 13.8. The first-order chi connectivity index (χ1) is 21.9. The quantitative estimate of drug-likeness (QED) is 0.169. The van der Waals surface area contributed by atoms with Gasteiger partial charge in [0.15, 0.2) is 11.6 Å². The lowest BCUT2D eigenvalue weighted by Gasteiger charge is -2.17. The maximum absolute atomic E-state index is 13.8. The highest BCUT2D eigenvalue weighted by atomic mass is 32.2. The Morgan fingerprint density at radius 3 is 2.54 bits per heavy atom. The van der Waals surface area contributed by atoms with Crippen LogP contribution in [0.2, 0.25) is 0 Å². The number of rotatable bonds is 11. The number of sulfonamides is 1. The van der Waals surface area contributed by atoms with Gasteiger partial charge in [-0.3, -0.25) is 19.5 Å². The third kappa shape index (κ3) is 6.61. The summed E-state index contributed by atoms with van der Waals surface area (Å²) >= 11 is 0. The molecule has 16 heteroatoms. The zero-order chi connectivity index (χ0) is 32.6. The Hall–Kier alpha value is -5.12. The molecule has 240 valence electrons. The molecule has 12 nitrogen and oxygen atoms in total. The van der Waals surface area contributed by atoms with Crippen molar-refractivity contribution in [2.45, 2.75) is 32.5 Å². The SMILES string of the molecule is CCS(=O)(=O)Nc1ccc(Cn2cc(-c3ccn4nc(NC(=O)C5CC5)nc(Nc5cccc(C(F)(F)F)c5OC)c34)cn2)cc1. The smallest absolute Gasteiger partial charge is 0.420 e. The van der Waals surface area contributed by atoms with Crippen LogP contribution in [0.3, 0.4) is 0 Å². The first-order valence-electron chi connectivity index (χ1n) is 14.3. The van der Waals surface area contributed by atoms with Gasteiger partial charge in [-0.2, -0.15) is 23.3 Å². The molecule has 1 saturated carbocycles. The number of para-hydroxylation sites is 1. The second-order valence-electron chi connectivity index (χ2n) is 10.7. The van der Waals surface area contributed by atoms with E-state index in [0.717, 1.165) is 31.6 Å². The highest BCUT2D eigenvalue weighted by Crippen LogP contribution is 2.42. The number of carbonyl (C=O) groups excluding carboxylic acids is 1. The van der Waals surface area contributed by atoms with E-state index in [1.165, 1.54) is 16.6 Å². The van der Waals surface area contributed by atoms with Crippen molar-refractivity contribution in [1.82, 2.24) is 24.4 Å². The first-order valence-corrected chi connectivity index (χ1v) is 15.9. The van der Waals surface area contributed by atoms with Crippen LogP contribution in [0.1, 0.15) is 30.9 Å². The zero-order valence-electron chi connectivity index (χ0n) is 24.7. The van der Waals surface area contributed by atoms with Crippen LogP contribution in [-0.4, -0.2) is 51.6 Å². The minimum atomic E-state index is -4.66. The van der Waals surface area contributed by atoms with Crippen molar-refractivity contribution in [2.75, 3.05) is 28.2 Å². The molecule has 1 amide bonds. The number of benzene rings is 2. The van der Waals surface area contributed by atoms with Crippen LogP contribution in [0.4, 0.5) is 36.3 Å². The number of hydrogen-bond donors (Lipinski definition) is 3. The van der Waals surface area contributed by atoms with Crippen LogP contribution in [-0.2, 0) is 27.5 Å². The third-order valence-electron chi connectivity index (χ3n) is 7.37. The van der Waals surface area contributed by atoms with Crippen molar-refractivity contribution in [3.05, 3.63) is 78.2 Å². The number of hydrogen-bond acceptors (Lipinski definition) is 8. The molecule has 3 aromatic heterocycles. The summed E-state index contributed by atoms with van der Waals surface area (Å²) in [5.74, 6) is -0.679. The molecule has 1 aliphatic carbocycles. The summed E-state index contributed by atoms with van der Waals surface area (Å²) < 4.78 is 75.9. The van der Waals surface area contributed by atoms with Gasteiger partial charge in [-0.25, -0.2) is 12.9 Å². The molecule has 3 heterocycles. The van der Waals surface area contributed by atoms with E-state index in [4.69, 9.17) is 4.74 Å². The largest absolute Gasteiger partial charge is 0.494 e. The van der Waals surface area contributed by atoms with Gasteiger partial charge in [0.05, 0.1) is 36.9 Å². The van der Waals surface area contributed by atoms with Gasteiger partial charge in [-0.05, 0) is 55.7 Å². The lowest BCUT2D eigenvalue weighted by molar-refractivity contribution is -0.138. The van der Waals surface area contributed by atoms with Crippen LogP contribution in [0, 0.1) is 5.92 Å². The van der Waals surface area contributed by atoms with Gasteiger partial charge in [-0.15, -0.1) is 5.10 Å². The maximum Gasteiger partial charge on any atom is 0.420 e. The molecule has 0 atom stereocenters. The topological polar surface area (TPSA) is 145 Å². The average Bonchev–Trinajstić information content (AvgIpc) is 3.63. The molecule has 0 unspecified atom stereocenters. The number of carbonyl (C=O) groups is 1. The lowest BCUT2D eigenvalue weighted by Crippen LogP contribution is -2.17. The molecule has 0 bridgehead atoms. The molecule has 5 aromatic rings. The number of alkyl halides is 3. The second-order valence-corrected chi connectivity index (χ2v) is 12.7.